The first-order valence-corrected chi connectivity index (χ1v) is 3.66. The lowest BCUT2D eigenvalue weighted by atomic mass is 10.1. The first-order valence-electron chi connectivity index (χ1n) is 3.66. The zero-order valence-electron chi connectivity index (χ0n) is 7.28. The number of hydrogen-bond acceptors (Lipinski definition) is 4. The summed E-state index contributed by atoms with van der Waals surface area (Å²) in [5.74, 6) is -2.75. The molecule has 14 heavy (non-hydrogen) atoms. The van der Waals surface area contributed by atoms with E-state index in [-0.39, 0.29) is 11.1 Å². The van der Waals surface area contributed by atoms with E-state index in [0.717, 1.165) is 19.2 Å². The van der Waals surface area contributed by atoms with Crippen LogP contribution in [0.25, 0.3) is 0 Å². The highest BCUT2D eigenvalue weighted by Gasteiger charge is 2.16. The molecule has 0 fully saturated rings. The molecule has 0 bridgehead atoms. The Bertz CT molecular complexity index is 387. The molecule has 4 nitrogen and oxygen atoms in total. The average molecular weight is 198 g/mol. The number of methoxy groups -OCH3 is 1. The van der Waals surface area contributed by atoms with Crippen LogP contribution < -0.4 is 0 Å². The van der Waals surface area contributed by atoms with Gasteiger partial charge in [-0.15, -0.1) is 0 Å². The van der Waals surface area contributed by atoms with E-state index >= 15 is 0 Å². The van der Waals surface area contributed by atoms with Crippen LogP contribution in [0.4, 0.5) is 4.39 Å². The normalized spacial score (nSPS) is 9.57. The fourth-order valence-corrected chi connectivity index (χ4v) is 0.954. The molecule has 1 aromatic rings. The fourth-order valence-electron chi connectivity index (χ4n) is 0.954. The summed E-state index contributed by atoms with van der Waals surface area (Å²) in [6.07, 6.45) is 0.370. The number of rotatable bonds is 2. The van der Waals surface area contributed by atoms with Crippen molar-refractivity contribution in [2.75, 3.05) is 7.11 Å². The van der Waals surface area contributed by atoms with Gasteiger partial charge in [0.1, 0.15) is 11.8 Å². The van der Waals surface area contributed by atoms with E-state index in [1.165, 1.54) is 0 Å². The van der Waals surface area contributed by atoms with E-state index in [9.17, 15) is 14.0 Å². The smallest absolute Gasteiger partial charge is 0.341 e. The molecule has 0 heterocycles. The van der Waals surface area contributed by atoms with Gasteiger partial charge in [-0.2, -0.15) is 0 Å². The van der Waals surface area contributed by atoms with Gasteiger partial charge in [0.15, 0.2) is 11.6 Å². The number of halogens is 1. The molecule has 0 saturated heterocycles. The van der Waals surface area contributed by atoms with E-state index in [0.29, 0.717) is 6.29 Å². The summed E-state index contributed by atoms with van der Waals surface area (Å²) in [5, 5.41) is 9.13. The predicted molar refractivity (Wildman–Crippen MR) is 44.8 cm³/mol. The summed E-state index contributed by atoms with van der Waals surface area (Å²) < 4.78 is 17.2. The third kappa shape index (κ3) is 1.71. The second-order valence-corrected chi connectivity index (χ2v) is 2.51. The highest BCUT2D eigenvalue weighted by Crippen LogP contribution is 2.23. The summed E-state index contributed by atoms with van der Waals surface area (Å²) in [6, 6.07) is 1.88. The SMILES string of the molecule is COC(=O)c1cc(C=O)cc(F)c1O. The Morgan fingerprint density at radius 2 is 2.21 bits per heavy atom. The molecule has 0 atom stereocenters. The molecule has 1 N–H and O–H groups in total. The number of carbonyl (C=O) groups is 2. The van der Waals surface area contributed by atoms with Gasteiger partial charge in [0, 0.05) is 5.56 Å². The minimum atomic E-state index is -1.03. The Balaban J connectivity index is 3.33. The van der Waals surface area contributed by atoms with Crippen molar-refractivity contribution in [1.29, 1.82) is 0 Å². The van der Waals surface area contributed by atoms with E-state index in [2.05, 4.69) is 4.74 Å². The number of phenolic OH excluding ortho intramolecular Hbond substituents is 1. The second-order valence-electron chi connectivity index (χ2n) is 2.51. The quantitative estimate of drug-likeness (QED) is 0.571. The van der Waals surface area contributed by atoms with Gasteiger partial charge in [0.2, 0.25) is 0 Å². The molecule has 1 aromatic carbocycles. The largest absolute Gasteiger partial charge is 0.504 e. The molecule has 0 aliphatic heterocycles. The van der Waals surface area contributed by atoms with Gasteiger partial charge in [-0.1, -0.05) is 0 Å². The molecule has 0 saturated carbocycles. The van der Waals surface area contributed by atoms with Crippen LogP contribution in [-0.4, -0.2) is 24.5 Å². The van der Waals surface area contributed by atoms with Crippen molar-refractivity contribution < 1.29 is 23.8 Å². The second kappa shape index (κ2) is 3.87. The summed E-state index contributed by atoms with van der Waals surface area (Å²) in [7, 11) is 1.09. The van der Waals surface area contributed by atoms with Gasteiger partial charge < -0.3 is 9.84 Å². The fraction of sp³-hybridized carbons (Fsp3) is 0.111. The number of esters is 1. The van der Waals surface area contributed by atoms with Crippen LogP contribution in [0, 0.1) is 5.82 Å². The van der Waals surface area contributed by atoms with Crippen molar-refractivity contribution in [3.63, 3.8) is 0 Å². The number of aromatic hydroxyl groups is 1. The molecule has 1 rings (SSSR count). The minimum Gasteiger partial charge on any atom is -0.504 e. The lowest BCUT2D eigenvalue weighted by Gasteiger charge is -2.03. The number of benzene rings is 1. The number of aldehydes is 1. The maximum atomic E-state index is 12.9. The summed E-state index contributed by atoms with van der Waals surface area (Å²) in [4.78, 5) is 21.3. The number of carbonyl (C=O) groups excluding carboxylic acids is 2. The lowest BCUT2D eigenvalue weighted by Crippen LogP contribution is -2.03. The average Bonchev–Trinajstić information content (AvgIpc) is 2.20. The Morgan fingerprint density at radius 3 is 2.71 bits per heavy atom. The lowest BCUT2D eigenvalue weighted by molar-refractivity contribution is 0.0596. The van der Waals surface area contributed by atoms with E-state index < -0.39 is 17.5 Å². The van der Waals surface area contributed by atoms with Crippen molar-refractivity contribution in [2.45, 2.75) is 0 Å². The van der Waals surface area contributed by atoms with Crippen LogP contribution in [0.1, 0.15) is 20.7 Å². The Morgan fingerprint density at radius 1 is 1.57 bits per heavy atom. The van der Waals surface area contributed by atoms with Gasteiger partial charge in [0.25, 0.3) is 0 Å². The predicted octanol–water partition coefficient (Wildman–Crippen LogP) is 1.13. The maximum absolute atomic E-state index is 12.9. The highest BCUT2D eigenvalue weighted by atomic mass is 19.1. The van der Waals surface area contributed by atoms with Crippen molar-refractivity contribution in [1.82, 2.24) is 0 Å². The zero-order chi connectivity index (χ0) is 10.7. The maximum Gasteiger partial charge on any atom is 0.341 e. The summed E-state index contributed by atoms with van der Waals surface area (Å²) in [5.41, 5.74) is -0.407. The molecule has 74 valence electrons. The van der Waals surface area contributed by atoms with Crippen LogP contribution in [0.5, 0.6) is 5.75 Å². The molecule has 0 aliphatic rings. The molecule has 0 radical (unpaired) electrons. The van der Waals surface area contributed by atoms with Crippen molar-refractivity contribution in [3.8, 4) is 5.75 Å². The first-order chi connectivity index (χ1) is 6.60. The van der Waals surface area contributed by atoms with Gasteiger partial charge in [0.05, 0.1) is 7.11 Å². The van der Waals surface area contributed by atoms with Gasteiger partial charge >= 0.3 is 5.97 Å². The highest BCUT2D eigenvalue weighted by molar-refractivity contribution is 5.94. The monoisotopic (exact) mass is 198 g/mol. The number of phenols is 1. The van der Waals surface area contributed by atoms with Gasteiger partial charge in [-0.05, 0) is 12.1 Å². The minimum absolute atomic E-state index is 0.0410. The molecular formula is C9H7FO4. The topological polar surface area (TPSA) is 63.6 Å². The first kappa shape index (κ1) is 10.2. The Labute approximate surface area is 78.9 Å². The molecule has 0 unspecified atom stereocenters. The van der Waals surface area contributed by atoms with E-state index in [4.69, 9.17) is 5.11 Å². The van der Waals surface area contributed by atoms with Crippen LogP contribution in [0.15, 0.2) is 12.1 Å². The van der Waals surface area contributed by atoms with Crippen LogP contribution >= 0.6 is 0 Å². The van der Waals surface area contributed by atoms with Crippen molar-refractivity contribution >= 4 is 12.3 Å². The van der Waals surface area contributed by atoms with Crippen molar-refractivity contribution in [3.05, 3.63) is 29.1 Å². The third-order valence-electron chi connectivity index (χ3n) is 1.63. The standard InChI is InChI=1S/C9H7FO4/c1-14-9(13)6-2-5(4-11)3-7(10)8(6)12/h2-4,12H,1H3. The van der Waals surface area contributed by atoms with E-state index in [1.54, 1.807) is 0 Å². The van der Waals surface area contributed by atoms with Crippen LogP contribution in [0.3, 0.4) is 0 Å². The van der Waals surface area contributed by atoms with Gasteiger partial charge in [-0.25, -0.2) is 9.18 Å². The summed E-state index contributed by atoms with van der Waals surface area (Å²) in [6.45, 7) is 0. The van der Waals surface area contributed by atoms with Crippen LogP contribution in [-0.2, 0) is 4.74 Å². The van der Waals surface area contributed by atoms with Gasteiger partial charge in [-0.3, -0.25) is 4.79 Å². The number of hydrogen-bond donors (Lipinski definition) is 1. The van der Waals surface area contributed by atoms with E-state index in [1.807, 2.05) is 0 Å². The third-order valence-corrected chi connectivity index (χ3v) is 1.63. The zero-order valence-corrected chi connectivity index (χ0v) is 7.28. The molecule has 0 aliphatic carbocycles. The van der Waals surface area contributed by atoms with Crippen molar-refractivity contribution in [2.24, 2.45) is 0 Å². The molecule has 0 amide bonds. The Kier molecular flexibility index (Phi) is 2.81. The van der Waals surface area contributed by atoms with Crippen LogP contribution in [0.2, 0.25) is 0 Å². The number of ether oxygens (including phenoxy) is 1. The molecular weight excluding hydrogens is 191 g/mol. The molecule has 5 heteroatoms. The summed E-state index contributed by atoms with van der Waals surface area (Å²) >= 11 is 0. The molecule has 0 spiro atoms. The Hall–Kier alpha value is -1.91. The molecule has 0 aromatic heterocycles.